The minimum absolute atomic E-state index is 0.0190. The number of amides is 1. The highest BCUT2D eigenvalue weighted by Gasteiger charge is 2.31. The van der Waals surface area contributed by atoms with E-state index in [4.69, 9.17) is 11.6 Å². The summed E-state index contributed by atoms with van der Waals surface area (Å²) in [5.74, 6) is -0.372. The average Bonchev–Trinajstić information content (AvgIpc) is 2.40. The molecular formula is C15H20ClF3N2O. The first-order chi connectivity index (χ1) is 10.3. The largest absolute Gasteiger partial charge is 0.416 e. The number of halogens is 4. The van der Waals surface area contributed by atoms with Gasteiger partial charge in [-0.05, 0) is 44.1 Å². The molecule has 0 aromatic heterocycles. The molecule has 1 amide bonds. The number of carbonyl (C=O) groups is 1. The molecule has 0 aliphatic rings. The summed E-state index contributed by atoms with van der Waals surface area (Å²) in [7, 11) is 0. The van der Waals surface area contributed by atoms with Crippen molar-refractivity contribution in [3.05, 3.63) is 28.8 Å². The second-order valence-corrected chi connectivity index (χ2v) is 5.42. The Kier molecular flexibility index (Phi) is 7.16. The summed E-state index contributed by atoms with van der Waals surface area (Å²) in [6.07, 6.45) is -2.67. The lowest BCUT2D eigenvalue weighted by Crippen LogP contribution is -2.34. The SMILES string of the molecule is CCCN(CCC)CC(=O)Nc1cc(C(F)(F)F)ccc1Cl. The van der Waals surface area contributed by atoms with Gasteiger partial charge < -0.3 is 5.32 Å². The van der Waals surface area contributed by atoms with Crippen molar-refractivity contribution < 1.29 is 18.0 Å². The fourth-order valence-corrected chi connectivity index (χ4v) is 2.26. The summed E-state index contributed by atoms with van der Waals surface area (Å²) in [5.41, 5.74) is -0.861. The van der Waals surface area contributed by atoms with Crippen molar-refractivity contribution >= 4 is 23.2 Å². The van der Waals surface area contributed by atoms with Crippen molar-refractivity contribution in [3.63, 3.8) is 0 Å². The summed E-state index contributed by atoms with van der Waals surface area (Å²) in [6, 6.07) is 2.87. The van der Waals surface area contributed by atoms with Crippen LogP contribution in [0.4, 0.5) is 18.9 Å². The number of nitrogens with zero attached hydrogens (tertiary/aromatic N) is 1. The van der Waals surface area contributed by atoms with E-state index in [-0.39, 0.29) is 23.2 Å². The molecule has 22 heavy (non-hydrogen) atoms. The zero-order chi connectivity index (χ0) is 16.8. The minimum Gasteiger partial charge on any atom is -0.324 e. The molecule has 1 aromatic carbocycles. The number of benzene rings is 1. The van der Waals surface area contributed by atoms with Crippen LogP contribution in [0.1, 0.15) is 32.3 Å². The van der Waals surface area contributed by atoms with Crippen molar-refractivity contribution in [1.29, 1.82) is 0 Å². The molecule has 0 fully saturated rings. The number of nitrogens with one attached hydrogen (secondary N) is 1. The first kappa shape index (κ1) is 18.8. The number of rotatable bonds is 7. The highest BCUT2D eigenvalue weighted by molar-refractivity contribution is 6.33. The monoisotopic (exact) mass is 336 g/mol. The van der Waals surface area contributed by atoms with Gasteiger partial charge in [0, 0.05) is 0 Å². The standard InChI is InChI=1S/C15H20ClF3N2O/c1-3-7-21(8-4-2)10-14(22)20-13-9-11(15(17,18)19)5-6-12(13)16/h5-6,9H,3-4,7-8,10H2,1-2H3,(H,20,22). The maximum absolute atomic E-state index is 12.7. The second kappa shape index (κ2) is 8.39. The van der Waals surface area contributed by atoms with Gasteiger partial charge in [0.1, 0.15) is 0 Å². The van der Waals surface area contributed by atoms with Crippen LogP contribution >= 0.6 is 11.6 Å². The van der Waals surface area contributed by atoms with Gasteiger partial charge in [-0.3, -0.25) is 9.69 Å². The van der Waals surface area contributed by atoms with Crippen molar-refractivity contribution in [1.82, 2.24) is 4.90 Å². The van der Waals surface area contributed by atoms with Gasteiger partial charge in [0.2, 0.25) is 5.91 Å². The molecule has 0 aliphatic heterocycles. The number of anilines is 1. The Morgan fingerprint density at radius 3 is 2.32 bits per heavy atom. The van der Waals surface area contributed by atoms with Crippen LogP contribution in [0.25, 0.3) is 0 Å². The van der Waals surface area contributed by atoms with E-state index in [1.807, 2.05) is 18.7 Å². The lowest BCUT2D eigenvalue weighted by molar-refractivity contribution is -0.137. The summed E-state index contributed by atoms with van der Waals surface area (Å²) in [4.78, 5) is 13.9. The first-order valence-corrected chi connectivity index (χ1v) is 7.54. The third-order valence-corrected chi connectivity index (χ3v) is 3.34. The molecule has 0 saturated heterocycles. The van der Waals surface area contributed by atoms with Crippen molar-refractivity contribution in [2.75, 3.05) is 25.0 Å². The van der Waals surface area contributed by atoms with Gasteiger partial charge in [-0.2, -0.15) is 13.2 Å². The van der Waals surface area contributed by atoms with Crippen molar-refractivity contribution in [2.24, 2.45) is 0 Å². The van der Waals surface area contributed by atoms with E-state index < -0.39 is 11.7 Å². The van der Waals surface area contributed by atoms with Gasteiger partial charge in [0.25, 0.3) is 0 Å². The van der Waals surface area contributed by atoms with Crippen LogP contribution in [0.3, 0.4) is 0 Å². The van der Waals surface area contributed by atoms with Crippen molar-refractivity contribution in [2.45, 2.75) is 32.9 Å². The predicted octanol–water partition coefficient (Wildman–Crippen LogP) is 4.42. The molecule has 0 aliphatic carbocycles. The fraction of sp³-hybridized carbons (Fsp3) is 0.533. The quantitative estimate of drug-likeness (QED) is 0.799. The molecule has 3 nitrogen and oxygen atoms in total. The molecular weight excluding hydrogens is 317 g/mol. The molecule has 0 bridgehead atoms. The smallest absolute Gasteiger partial charge is 0.324 e. The zero-order valence-corrected chi connectivity index (χ0v) is 13.4. The van der Waals surface area contributed by atoms with Gasteiger partial charge in [0.05, 0.1) is 22.8 Å². The highest BCUT2D eigenvalue weighted by Crippen LogP contribution is 2.33. The van der Waals surface area contributed by atoms with E-state index in [0.29, 0.717) is 0 Å². The number of carbonyl (C=O) groups excluding carboxylic acids is 1. The molecule has 0 saturated carbocycles. The maximum atomic E-state index is 12.7. The molecule has 1 rings (SSSR count). The Balaban J connectivity index is 2.78. The van der Waals surface area contributed by atoms with E-state index in [1.165, 1.54) is 0 Å². The fourth-order valence-electron chi connectivity index (χ4n) is 2.09. The molecule has 0 atom stereocenters. The van der Waals surface area contributed by atoms with Gasteiger partial charge in [-0.15, -0.1) is 0 Å². The molecule has 0 spiro atoms. The topological polar surface area (TPSA) is 32.3 Å². The summed E-state index contributed by atoms with van der Waals surface area (Å²) < 4.78 is 38.1. The Bertz CT molecular complexity index is 500. The van der Waals surface area contributed by atoms with Gasteiger partial charge in [-0.25, -0.2) is 0 Å². The lowest BCUT2D eigenvalue weighted by Gasteiger charge is -2.20. The predicted molar refractivity (Wildman–Crippen MR) is 82.1 cm³/mol. The molecule has 0 heterocycles. The minimum atomic E-state index is -4.47. The summed E-state index contributed by atoms with van der Waals surface area (Å²) in [6.45, 7) is 5.66. The molecule has 0 radical (unpaired) electrons. The van der Waals surface area contributed by atoms with E-state index in [9.17, 15) is 18.0 Å². The van der Waals surface area contributed by atoms with E-state index in [2.05, 4.69) is 5.32 Å². The van der Waals surface area contributed by atoms with E-state index in [1.54, 1.807) is 0 Å². The number of hydrogen-bond donors (Lipinski definition) is 1. The molecule has 0 unspecified atom stereocenters. The Morgan fingerprint density at radius 2 is 1.82 bits per heavy atom. The Morgan fingerprint density at radius 1 is 1.23 bits per heavy atom. The second-order valence-electron chi connectivity index (χ2n) is 5.02. The average molecular weight is 337 g/mol. The molecule has 1 aromatic rings. The zero-order valence-electron chi connectivity index (χ0n) is 12.6. The Labute approximate surface area is 133 Å². The molecule has 7 heteroatoms. The number of hydrogen-bond acceptors (Lipinski definition) is 2. The van der Waals surface area contributed by atoms with E-state index >= 15 is 0 Å². The van der Waals surface area contributed by atoms with Gasteiger partial charge >= 0.3 is 6.18 Å². The van der Waals surface area contributed by atoms with Crippen molar-refractivity contribution in [3.8, 4) is 0 Å². The highest BCUT2D eigenvalue weighted by atomic mass is 35.5. The third kappa shape index (κ3) is 5.85. The van der Waals surface area contributed by atoms with Gasteiger partial charge in [-0.1, -0.05) is 25.4 Å². The Hall–Kier alpha value is -1.27. The van der Waals surface area contributed by atoms with E-state index in [0.717, 1.165) is 44.1 Å². The van der Waals surface area contributed by atoms with Crippen LogP contribution in [-0.2, 0) is 11.0 Å². The van der Waals surface area contributed by atoms with Gasteiger partial charge in [0.15, 0.2) is 0 Å². The molecule has 1 N–H and O–H groups in total. The lowest BCUT2D eigenvalue weighted by atomic mass is 10.2. The number of alkyl halides is 3. The van der Waals surface area contributed by atoms with Crippen LogP contribution in [-0.4, -0.2) is 30.4 Å². The normalized spacial score (nSPS) is 11.8. The summed E-state index contributed by atoms with van der Waals surface area (Å²) in [5, 5.41) is 2.54. The van der Waals surface area contributed by atoms with Crippen LogP contribution in [0.5, 0.6) is 0 Å². The third-order valence-electron chi connectivity index (χ3n) is 3.01. The van der Waals surface area contributed by atoms with Crippen LogP contribution < -0.4 is 5.32 Å². The van der Waals surface area contributed by atoms with Crippen LogP contribution in [0, 0.1) is 0 Å². The van der Waals surface area contributed by atoms with Crippen LogP contribution in [0.15, 0.2) is 18.2 Å². The summed E-state index contributed by atoms with van der Waals surface area (Å²) >= 11 is 5.85. The maximum Gasteiger partial charge on any atom is 0.416 e. The van der Waals surface area contributed by atoms with Crippen LogP contribution in [0.2, 0.25) is 5.02 Å². The molecule has 124 valence electrons. The first-order valence-electron chi connectivity index (χ1n) is 7.16.